The van der Waals surface area contributed by atoms with Crippen molar-refractivity contribution in [3.8, 4) is 0 Å². The van der Waals surface area contributed by atoms with Crippen molar-refractivity contribution in [2.75, 3.05) is 19.6 Å². The van der Waals surface area contributed by atoms with Gasteiger partial charge in [0.15, 0.2) is 0 Å². The summed E-state index contributed by atoms with van der Waals surface area (Å²) in [5.41, 5.74) is 17.4. The van der Waals surface area contributed by atoms with Gasteiger partial charge in [0.1, 0.15) is 0 Å². The summed E-state index contributed by atoms with van der Waals surface area (Å²) in [4.78, 5) is 9.77. The lowest BCUT2D eigenvalue weighted by Gasteiger charge is -2.45. The first-order valence-corrected chi connectivity index (χ1v) is 21.7. The van der Waals surface area contributed by atoms with E-state index in [2.05, 4.69) is 268 Å². The zero-order valence-corrected chi connectivity index (χ0v) is 34.5. The fraction of sp³-hybridized carbons (Fsp3) is 0. The maximum atomic E-state index is 2.50. The van der Waals surface area contributed by atoms with Crippen LogP contribution in [0.5, 0.6) is 0 Å². The summed E-state index contributed by atoms with van der Waals surface area (Å²) in [5.74, 6) is 0. The van der Waals surface area contributed by atoms with Crippen LogP contribution in [0.4, 0.5) is 68.2 Å². The third kappa shape index (κ3) is 6.08. The Labute approximate surface area is 368 Å². The molecule has 0 aromatic heterocycles. The zero-order chi connectivity index (χ0) is 41.7. The average molecular weight is 805 g/mol. The molecule has 2 aliphatic rings. The number of para-hydroxylation sites is 6. The highest BCUT2D eigenvalue weighted by atomic mass is 15.2. The van der Waals surface area contributed by atoms with E-state index in [-0.39, 0.29) is 6.71 Å². The van der Waals surface area contributed by atoms with E-state index < -0.39 is 0 Å². The highest BCUT2D eigenvalue weighted by molar-refractivity contribution is 7.01. The Hall–Kier alpha value is -8.28. The molecule has 0 spiro atoms. The van der Waals surface area contributed by atoms with Gasteiger partial charge in [-0.15, -0.1) is 0 Å². The second-order valence-electron chi connectivity index (χ2n) is 16.1. The third-order valence-corrected chi connectivity index (χ3v) is 12.6. The molecule has 0 aliphatic carbocycles. The smallest absolute Gasteiger partial charge is 0.252 e. The van der Waals surface area contributed by atoms with Crippen molar-refractivity contribution in [2.24, 2.45) is 0 Å². The first kappa shape index (κ1) is 36.6. The van der Waals surface area contributed by atoms with Gasteiger partial charge in [-0.05, 0) is 125 Å². The van der Waals surface area contributed by atoms with Crippen molar-refractivity contribution in [2.45, 2.75) is 0 Å². The molecule has 0 amide bonds. The SMILES string of the molecule is c1ccc(N(c2ccccc2)c2ccc3c(c2)N(c2ccccc2)c2cccc4c2B3c2c(cc(N(c3ccccc3)c3ccccc3)c3ccccc23)N4c2ccccc2)cc1. The first-order chi connectivity index (χ1) is 31.3. The maximum absolute atomic E-state index is 2.50. The van der Waals surface area contributed by atoms with Gasteiger partial charge < -0.3 is 19.6 Å². The number of anilines is 12. The summed E-state index contributed by atoms with van der Waals surface area (Å²) in [6.07, 6.45) is 0. The standard InChI is InChI=1S/C58H41BN4/c1-7-22-42(23-8-1)60(43-24-9-2-10-25-43)48-38-39-51-55(40-48)62(46-30-15-5-16-31-46)52-36-21-37-53-58(52)59(51)57-50-35-20-19-34-49(50)54(41-56(57)63(53)47-32-17-6-18-33-47)61(44-26-11-3-12-27-44)45-28-13-4-14-29-45/h1-41H. The van der Waals surface area contributed by atoms with Crippen LogP contribution < -0.4 is 36.0 Å². The van der Waals surface area contributed by atoms with Gasteiger partial charge in [0.25, 0.3) is 6.71 Å². The molecule has 2 aliphatic heterocycles. The predicted molar refractivity (Wildman–Crippen MR) is 267 cm³/mol. The molecule has 4 nitrogen and oxygen atoms in total. The molecular weight excluding hydrogens is 763 g/mol. The van der Waals surface area contributed by atoms with Crippen LogP contribution in [0.3, 0.4) is 0 Å². The third-order valence-electron chi connectivity index (χ3n) is 12.6. The van der Waals surface area contributed by atoms with E-state index in [0.717, 1.165) is 51.2 Å². The molecule has 5 heteroatoms. The van der Waals surface area contributed by atoms with Crippen molar-refractivity contribution in [3.05, 3.63) is 249 Å². The lowest BCUT2D eigenvalue weighted by Crippen LogP contribution is -2.61. The Bertz CT molecular complexity index is 3150. The summed E-state index contributed by atoms with van der Waals surface area (Å²) in [6.45, 7) is -0.0714. The lowest BCUT2D eigenvalue weighted by molar-refractivity contribution is 1.24. The fourth-order valence-electron chi connectivity index (χ4n) is 9.98. The minimum absolute atomic E-state index is 0.0714. The molecule has 0 radical (unpaired) electrons. The normalized spacial score (nSPS) is 12.3. The van der Waals surface area contributed by atoms with Crippen molar-refractivity contribution in [3.63, 3.8) is 0 Å². The Morgan fingerprint density at radius 2 is 0.714 bits per heavy atom. The van der Waals surface area contributed by atoms with Crippen LogP contribution in [-0.2, 0) is 0 Å². The molecule has 63 heavy (non-hydrogen) atoms. The molecule has 0 N–H and O–H groups in total. The van der Waals surface area contributed by atoms with Crippen LogP contribution in [0.1, 0.15) is 0 Å². The van der Waals surface area contributed by atoms with Crippen LogP contribution in [0.25, 0.3) is 10.8 Å². The Morgan fingerprint density at radius 3 is 1.22 bits per heavy atom. The van der Waals surface area contributed by atoms with Gasteiger partial charge in [-0.1, -0.05) is 146 Å². The summed E-state index contributed by atoms with van der Waals surface area (Å²) in [7, 11) is 0. The topological polar surface area (TPSA) is 13.0 Å². The molecule has 0 saturated heterocycles. The lowest BCUT2D eigenvalue weighted by atomic mass is 9.33. The Morgan fingerprint density at radius 1 is 0.286 bits per heavy atom. The quantitative estimate of drug-likeness (QED) is 0.142. The van der Waals surface area contributed by atoms with Gasteiger partial charge in [-0.25, -0.2) is 0 Å². The zero-order valence-electron chi connectivity index (χ0n) is 34.5. The van der Waals surface area contributed by atoms with Crippen LogP contribution in [0.15, 0.2) is 249 Å². The number of rotatable bonds is 8. The van der Waals surface area contributed by atoms with Crippen LogP contribution in [-0.4, -0.2) is 6.71 Å². The molecule has 12 rings (SSSR count). The van der Waals surface area contributed by atoms with E-state index in [0.29, 0.717) is 0 Å². The summed E-state index contributed by atoms with van der Waals surface area (Å²) >= 11 is 0. The molecule has 2 heterocycles. The average Bonchev–Trinajstić information content (AvgIpc) is 3.36. The van der Waals surface area contributed by atoms with E-state index in [1.807, 2.05) is 0 Å². The molecule has 296 valence electrons. The molecule has 0 fully saturated rings. The largest absolute Gasteiger partial charge is 0.311 e. The molecule has 10 aromatic rings. The second kappa shape index (κ2) is 15.3. The van der Waals surface area contributed by atoms with Crippen LogP contribution in [0.2, 0.25) is 0 Å². The minimum atomic E-state index is -0.0714. The summed E-state index contributed by atoms with van der Waals surface area (Å²) in [5, 5.41) is 2.42. The van der Waals surface area contributed by atoms with E-state index in [9.17, 15) is 0 Å². The van der Waals surface area contributed by atoms with Gasteiger partial charge in [-0.3, -0.25) is 0 Å². The van der Waals surface area contributed by atoms with Crippen molar-refractivity contribution in [1.82, 2.24) is 0 Å². The summed E-state index contributed by atoms with van der Waals surface area (Å²) in [6, 6.07) is 90.1. The number of hydrogen-bond acceptors (Lipinski definition) is 4. The Balaban J connectivity index is 1.17. The molecule has 0 saturated carbocycles. The highest BCUT2D eigenvalue weighted by Crippen LogP contribution is 2.49. The monoisotopic (exact) mass is 804 g/mol. The molecular formula is C58H41BN4. The van der Waals surface area contributed by atoms with E-state index >= 15 is 0 Å². The number of benzene rings is 10. The van der Waals surface area contributed by atoms with E-state index in [1.165, 1.54) is 44.2 Å². The highest BCUT2D eigenvalue weighted by Gasteiger charge is 2.44. The Kier molecular flexibility index (Phi) is 8.89. The molecule has 0 bridgehead atoms. The van der Waals surface area contributed by atoms with E-state index in [1.54, 1.807) is 0 Å². The van der Waals surface area contributed by atoms with Gasteiger partial charge >= 0.3 is 0 Å². The number of hydrogen-bond donors (Lipinski definition) is 0. The molecule has 0 atom stereocenters. The van der Waals surface area contributed by atoms with Gasteiger partial charge in [0, 0.05) is 67.9 Å². The first-order valence-electron chi connectivity index (χ1n) is 21.7. The van der Waals surface area contributed by atoms with E-state index in [4.69, 9.17) is 0 Å². The second-order valence-corrected chi connectivity index (χ2v) is 16.1. The number of nitrogens with zero attached hydrogens (tertiary/aromatic N) is 4. The van der Waals surface area contributed by atoms with Crippen molar-refractivity contribution >= 4 is 102 Å². The van der Waals surface area contributed by atoms with Crippen LogP contribution >= 0.6 is 0 Å². The van der Waals surface area contributed by atoms with Crippen molar-refractivity contribution < 1.29 is 0 Å². The van der Waals surface area contributed by atoms with Gasteiger partial charge in [0.2, 0.25) is 0 Å². The molecule has 0 unspecified atom stereocenters. The van der Waals surface area contributed by atoms with Gasteiger partial charge in [0.05, 0.1) is 5.69 Å². The minimum Gasteiger partial charge on any atom is -0.311 e. The van der Waals surface area contributed by atoms with Gasteiger partial charge in [-0.2, -0.15) is 0 Å². The van der Waals surface area contributed by atoms with Crippen molar-refractivity contribution in [1.29, 1.82) is 0 Å². The summed E-state index contributed by atoms with van der Waals surface area (Å²) < 4.78 is 0. The fourth-order valence-corrected chi connectivity index (χ4v) is 9.98. The number of fused-ring (bicyclic) bond motifs is 6. The van der Waals surface area contributed by atoms with Crippen LogP contribution in [0, 0.1) is 0 Å². The maximum Gasteiger partial charge on any atom is 0.252 e. The molecule has 10 aromatic carbocycles. The predicted octanol–water partition coefficient (Wildman–Crippen LogP) is 13.9.